The minimum atomic E-state index is -3.94. The van der Waals surface area contributed by atoms with Gasteiger partial charge in [-0.2, -0.15) is 0 Å². The topological polar surface area (TPSA) is 119 Å². The van der Waals surface area contributed by atoms with E-state index in [2.05, 4.69) is 5.32 Å². The standard InChI is InChI=1S/C10H13FN2O5S/c11-8-5-7(19(12,16)17)1-2-9(8)13-3-4-18-6-10(14)15/h1-2,5,13H,3-4,6H2,(H,14,15)(H2,12,16,17). The second-order valence-electron chi connectivity index (χ2n) is 3.56. The van der Waals surface area contributed by atoms with Crippen LogP contribution >= 0.6 is 0 Å². The fourth-order valence-electron chi connectivity index (χ4n) is 1.23. The molecule has 7 nitrogen and oxygen atoms in total. The van der Waals surface area contributed by atoms with E-state index < -0.39 is 28.4 Å². The van der Waals surface area contributed by atoms with Gasteiger partial charge in [0.2, 0.25) is 10.0 Å². The first kappa shape index (κ1) is 15.3. The minimum absolute atomic E-state index is 0.0721. The summed E-state index contributed by atoms with van der Waals surface area (Å²) >= 11 is 0. The predicted molar refractivity (Wildman–Crippen MR) is 64.7 cm³/mol. The van der Waals surface area contributed by atoms with Crippen LogP contribution in [-0.4, -0.2) is 39.3 Å². The quantitative estimate of drug-likeness (QED) is 0.608. The van der Waals surface area contributed by atoms with Gasteiger partial charge in [-0.25, -0.2) is 22.7 Å². The van der Waals surface area contributed by atoms with Gasteiger partial charge in [-0.15, -0.1) is 0 Å². The van der Waals surface area contributed by atoms with Crippen LogP contribution in [0.1, 0.15) is 0 Å². The van der Waals surface area contributed by atoms with E-state index in [0.717, 1.165) is 6.07 Å². The number of carboxylic acid groups (broad SMARTS) is 1. The summed E-state index contributed by atoms with van der Waals surface area (Å²) < 4.78 is 40.2. The Hall–Kier alpha value is -1.71. The number of ether oxygens (including phenoxy) is 1. The highest BCUT2D eigenvalue weighted by Gasteiger charge is 2.11. The van der Waals surface area contributed by atoms with Crippen molar-refractivity contribution in [2.75, 3.05) is 25.1 Å². The van der Waals surface area contributed by atoms with Crippen LogP contribution in [0.2, 0.25) is 0 Å². The molecule has 0 aliphatic rings. The Morgan fingerprint density at radius 1 is 1.47 bits per heavy atom. The minimum Gasteiger partial charge on any atom is -0.480 e. The number of nitrogens with two attached hydrogens (primary N) is 1. The van der Waals surface area contributed by atoms with E-state index in [1.807, 2.05) is 0 Å². The van der Waals surface area contributed by atoms with Crippen molar-refractivity contribution in [1.82, 2.24) is 0 Å². The molecule has 1 aromatic rings. The van der Waals surface area contributed by atoms with Gasteiger partial charge in [-0.1, -0.05) is 0 Å². The fourth-order valence-corrected chi connectivity index (χ4v) is 1.76. The second-order valence-corrected chi connectivity index (χ2v) is 5.12. The second kappa shape index (κ2) is 6.45. The number of rotatable bonds is 7. The van der Waals surface area contributed by atoms with Gasteiger partial charge in [-0.3, -0.25) is 0 Å². The lowest BCUT2D eigenvalue weighted by atomic mass is 10.3. The smallest absolute Gasteiger partial charge is 0.329 e. The molecule has 9 heteroatoms. The molecule has 0 spiro atoms. The van der Waals surface area contributed by atoms with Gasteiger partial charge in [0.05, 0.1) is 17.2 Å². The molecule has 1 aromatic carbocycles. The zero-order valence-electron chi connectivity index (χ0n) is 9.80. The molecule has 0 fully saturated rings. The first-order chi connectivity index (χ1) is 8.80. The number of sulfonamides is 1. The number of hydrogen-bond donors (Lipinski definition) is 3. The Bertz CT molecular complexity index is 561. The van der Waals surface area contributed by atoms with Crippen LogP contribution in [0, 0.1) is 5.82 Å². The molecule has 106 valence electrons. The average Bonchev–Trinajstić information content (AvgIpc) is 2.28. The first-order valence-corrected chi connectivity index (χ1v) is 6.71. The summed E-state index contributed by atoms with van der Waals surface area (Å²) in [6, 6.07) is 3.20. The van der Waals surface area contributed by atoms with Crippen molar-refractivity contribution in [1.29, 1.82) is 0 Å². The number of anilines is 1. The Morgan fingerprint density at radius 2 is 2.16 bits per heavy atom. The maximum Gasteiger partial charge on any atom is 0.329 e. The molecule has 0 atom stereocenters. The highest BCUT2D eigenvalue weighted by atomic mass is 32.2. The number of aliphatic carboxylic acids is 1. The van der Waals surface area contributed by atoms with E-state index in [1.165, 1.54) is 12.1 Å². The molecule has 4 N–H and O–H groups in total. The Kier molecular flexibility index (Phi) is 5.21. The first-order valence-electron chi connectivity index (χ1n) is 5.16. The average molecular weight is 292 g/mol. The van der Waals surface area contributed by atoms with Crippen molar-refractivity contribution in [3.8, 4) is 0 Å². The predicted octanol–water partition coefficient (Wildman–Crippen LogP) is -0.0138. The van der Waals surface area contributed by atoms with Crippen LogP contribution in [-0.2, 0) is 19.6 Å². The SMILES string of the molecule is NS(=O)(=O)c1ccc(NCCOCC(=O)O)c(F)c1. The molecular formula is C10H13FN2O5S. The van der Waals surface area contributed by atoms with Gasteiger partial charge in [0.25, 0.3) is 0 Å². The number of carboxylic acids is 1. The lowest BCUT2D eigenvalue weighted by Crippen LogP contribution is -2.15. The summed E-state index contributed by atoms with van der Waals surface area (Å²) in [5, 5.41) is 15.8. The maximum absolute atomic E-state index is 13.5. The highest BCUT2D eigenvalue weighted by molar-refractivity contribution is 7.89. The van der Waals surface area contributed by atoms with Crippen LogP contribution in [0.4, 0.5) is 10.1 Å². The van der Waals surface area contributed by atoms with Gasteiger partial charge >= 0.3 is 5.97 Å². The zero-order valence-corrected chi connectivity index (χ0v) is 10.6. The molecule has 0 aliphatic carbocycles. The zero-order chi connectivity index (χ0) is 14.5. The molecule has 0 heterocycles. The van der Waals surface area contributed by atoms with Crippen LogP contribution in [0.5, 0.6) is 0 Å². The van der Waals surface area contributed by atoms with Gasteiger partial charge in [0.1, 0.15) is 12.4 Å². The number of carbonyl (C=O) groups is 1. The number of nitrogens with one attached hydrogen (secondary N) is 1. The molecule has 1 rings (SSSR count). The van der Waals surface area contributed by atoms with Crippen molar-refractivity contribution in [2.24, 2.45) is 5.14 Å². The number of hydrogen-bond acceptors (Lipinski definition) is 5. The maximum atomic E-state index is 13.5. The summed E-state index contributed by atoms with van der Waals surface area (Å²) in [5.74, 6) is -1.87. The monoisotopic (exact) mass is 292 g/mol. The molecule has 0 saturated carbocycles. The molecule has 19 heavy (non-hydrogen) atoms. The van der Waals surface area contributed by atoms with Crippen molar-refractivity contribution >= 4 is 21.7 Å². The Balaban J connectivity index is 2.54. The van der Waals surface area contributed by atoms with E-state index in [-0.39, 0.29) is 23.7 Å². The third kappa shape index (κ3) is 5.20. The van der Waals surface area contributed by atoms with E-state index in [4.69, 9.17) is 15.0 Å². The molecule has 0 amide bonds. The van der Waals surface area contributed by atoms with E-state index in [0.29, 0.717) is 0 Å². The number of primary sulfonamides is 1. The van der Waals surface area contributed by atoms with Crippen molar-refractivity contribution < 1.29 is 27.4 Å². The number of halogens is 1. The van der Waals surface area contributed by atoms with Gasteiger partial charge in [0.15, 0.2) is 0 Å². The van der Waals surface area contributed by atoms with E-state index >= 15 is 0 Å². The fraction of sp³-hybridized carbons (Fsp3) is 0.300. The summed E-state index contributed by atoms with van der Waals surface area (Å²) in [4.78, 5) is 9.82. The lowest BCUT2D eigenvalue weighted by molar-refractivity contribution is -0.142. The lowest BCUT2D eigenvalue weighted by Gasteiger charge is -2.08. The van der Waals surface area contributed by atoms with Crippen molar-refractivity contribution in [2.45, 2.75) is 4.90 Å². The highest BCUT2D eigenvalue weighted by Crippen LogP contribution is 2.17. The van der Waals surface area contributed by atoms with E-state index in [9.17, 15) is 17.6 Å². The van der Waals surface area contributed by atoms with Crippen LogP contribution in [0.25, 0.3) is 0 Å². The van der Waals surface area contributed by atoms with Gasteiger partial charge < -0.3 is 15.2 Å². The summed E-state index contributed by atoms with van der Waals surface area (Å²) in [7, 11) is -3.94. The molecule has 0 aromatic heterocycles. The van der Waals surface area contributed by atoms with Crippen molar-refractivity contribution in [3.05, 3.63) is 24.0 Å². The van der Waals surface area contributed by atoms with Crippen LogP contribution in [0.15, 0.2) is 23.1 Å². The van der Waals surface area contributed by atoms with Crippen LogP contribution in [0.3, 0.4) is 0 Å². The largest absolute Gasteiger partial charge is 0.480 e. The van der Waals surface area contributed by atoms with Gasteiger partial charge in [-0.05, 0) is 18.2 Å². The molecular weight excluding hydrogens is 279 g/mol. The van der Waals surface area contributed by atoms with E-state index in [1.54, 1.807) is 0 Å². The summed E-state index contributed by atoms with van der Waals surface area (Å²) in [6.07, 6.45) is 0. The molecule has 0 radical (unpaired) electrons. The molecule has 0 bridgehead atoms. The van der Waals surface area contributed by atoms with Crippen LogP contribution < -0.4 is 10.5 Å². The van der Waals surface area contributed by atoms with Crippen molar-refractivity contribution in [3.63, 3.8) is 0 Å². The third-order valence-corrected chi connectivity index (χ3v) is 2.97. The Labute approximate surface area is 109 Å². The molecule has 0 aliphatic heterocycles. The molecule has 0 saturated heterocycles. The third-order valence-electron chi connectivity index (χ3n) is 2.06. The summed E-state index contributed by atoms with van der Waals surface area (Å²) in [6.45, 7) is -0.184. The number of benzene rings is 1. The summed E-state index contributed by atoms with van der Waals surface area (Å²) in [5.41, 5.74) is 0.0753. The normalized spacial score (nSPS) is 11.3. The Morgan fingerprint density at radius 3 is 2.68 bits per heavy atom. The van der Waals surface area contributed by atoms with Gasteiger partial charge in [0, 0.05) is 6.54 Å². The molecule has 0 unspecified atom stereocenters.